The Kier molecular flexibility index (Phi) is 3.42. The van der Waals surface area contributed by atoms with Gasteiger partial charge >= 0.3 is 0 Å². The lowest BCUT2D eigenvalue weighted by Gasteiger charge is -2.19. The van der Waals surface area contributed by atoms with E-state index in [9.17, 15) is 0 Å². The molecule has 0 radical (unpaired) electrons. The zero-order valence-corrected chi connectivity index (χ0v) is 12.3. The topological polar surface area (TPSA) is 63.8 Å². The van der Waals surface area contributed by atoms with Crippen molar-refractivity contribution >= 4 is 5.82 Å². The largest absolute Gasteiger partial charge is 0.370 e. The van der Waals surface area contributed by atoms with E-state index in [2.05, 4.69) is 17.4 Å². The molecule has 2 aromatic heterocycles. The SMILES string of the molecule is CCNc1nc(-c2c(C)noc2C)nc2c1CCCC2. The summed E-state index contributed by atoms with van der Waals surface area (Å²) in [7, 11) is 0. The Morgan fingerprint density at radius 2 is 1.95 bits per heavy atom. The fourth-order valence-electron chi connectivity index (χ4n) is 2.82. The van der Waals surface area contributed by atoms with Crippen LogP contribution in [0.3, 0.4) is 0 Å². The lowest BCUT2D eigenvalue weighted by atomic mass is 9.96. The minimum atomic E-state index is 0.734. The van der Waals surface area contributed by atoms with Gasteiger partial charge in [-0.05, 0) is 46.5 Å². The molecule has 0 aliphatic heterocycles. The average molecular weight is 272 g/mol. The lowest BCUT2D eigenvalue weighted by Crippen LogP contribution is -2.13. The molecule has 5 nitrogen and oxygen atoms in total. The van der Waals surface area contributed by atoms with Crippen LogP contribution in [0.2, 0.25) is 0 Å². The van der Waals surface area contributed by atoms with Gasteiger partial charge in [-0.15, -0.1) is 0 Å². The third kappa shape index (κ3) is 2.17. The molecule has 0 saturated carbocycles. The van der Waals surface area contributed by atoms with Gasteiger partial charge in [-0.25, -0.2) is 9.97 Å². The van der Waals surface area contributed by atoms with Crippen LogP contribution in [0.4, 0.5) is 5.82 Å². The number of anilines is 1. The van der Waals surface area contributed by atoms with Crippen LogP contribution in [-0.2, 0) is 12.8 Å². The molecule has 0 unspecified atom stereocenters. The summed E-state index contributed by atoms with van der Waals surface area (Å²) in [6.45, 7) is 6.80. The van der Waals surface area contributed by atoms with Crippen molar-refractivity contribution in [1.29, 1.82) is 0 Å². The molecular formula is C15H20N4O. The minimum absolute atomic E-state index is 0.734. The molecule has 0 atom stereocenters. The first-order valence-electron chi connectivity index (χ1n) is 7.27. The summed E-state index contributed by atoms with van der Waals surface area (Å²) < 4.78 is 5.24. The second-order valence-corrected chi connectivity index (χ2v) is 5.26. The molecule has 20 heavy (non-hydrogen) atoms. The maximum absolute atomic E-state index is 5.24. The van der Waals surface area contributed by atoms with Crippen molar-refractivity contribution in [2.24, 2.45) is 0 Å². The molecule has 5 heteroatoms. The van der Waals surface area contributed by atoms with Gasteiger partial charge in [-0.3, -0.25) is 0 Å². The van der Waals surface area contributed by atoms with Gasteiger partial charge in [-0.1, -0.05) is 5.16 Å². The van der Waals surface area contributed by atoms with Crippen LogP contribution >= 0.6 is 0 Å². The molecule has 2 aromatic rings. The van der Waals surface area contributed by atoms with E-state index in [4.69, 9.17) is 14.5 Å². The van der Waals surface area contributed by atoms with Gasteiger partial charge in [-0.2, -0.15) is 0 Å². The minimum Gasteiger partial charge on any atom is -0.370 e. The van der Waals surface area contributed by atoms with Crippen molar-refractivity contribution in [3.05, 3.63) is 22.7 Å². The number of aryl methyl sites for hydroxylation is 3. The fraction of sp³-hybridized carbons (Fsp3) is 0.533. The zero-order chi connectivity index (χ0) is 14.1. The third-order valence-corrected chi connectivity index (χ3v) is 3.78. The van der Waals surface area contributed by atoms with Crippen LogP contribution in [0.15, 0.2) is 4.52 Å². The maximum Gasteiger partial charge on any atom is 0.167 e. The molecule has 1 aliphatic carbocycles. The molecular weight excluding hydrogens is 252 g/mol. The van der Waals surface area contributed by atoms with Gasteiger partial charge in [0.25, 0.3) is 0 Å². The van der Waals surface area contributed by atoms with Crippen molar-refractivity contribution in [3.63, 3.8) is 0 Å². The molecule has 3 rings (SSSR count). The molecule has 0 amide bonds. The van der Waals surface area contributed by atoms with Gasteiger partial charge in [0.05, 0.1) is 11.3 Å². The predicted octanol–water partition coefficient (Wildman–Crippen LogP) is 3.06. The van der Waals surface area contributed by atoms with E-state index < -0.39 is 0 Å². The monoisotopic (exact) mass is 272 g/mol. The first-order valence-corrected chi connectivity index (χ1v) is 7.27. The third-order valence-electron chi connectivity index (χ3n) is 3.78. The Balaban J connectivity index is 2.15. The Bertz CT molecular complexity index is 614. The summed E-state index contributed by atoms with van der Waals surface area (Å²) >= 11 is 0. The molecule has 0 saturated heterocycles. The summed E-state index contributed by atoms with van der Waals surface area (Å²) in [6.07, 6.45) is 4.53. The van der Waals surface area contributed by atoms with Crippen molar-refractivity contribution < 1.29 is 4.52 Å². The molecule has 0 aromatic carbocycles. The number of fused-ring (bicyclic) bond motifs is 1. The Morgan fingerprint density at radius 1 is 1.15 bits per heavy atom. The maximum atomic E-state index is 5.24. The predicted molar refractivity (Wildman–Crippen MR) is 77.8 cm³/mol. The van der Waals surface area contributed by atoms with Gasteiger partial charge < -0.3 is 9.84 Å². The van der Waals surface area contributed by atoms with Gasteiger partial charge in [0.15, 0.2) is 5.82 Å². The molecule has 1 aliphatic rings. The van der Waals surface area contributed by atoms with E-state index in [0.29, 0.717) is 0 Å². The van der Waals surface area contributed by atoms with Crippen LogP contribution in [0, 0.1) is 13.8 Å². The summed E-state index contributed by atoms with van der Waals surface area (Å²) in [4.78, 5) is 9.49. The van der Waals surface area contributed by atoms with E-state index >= 15 is 0 Å². The highest BCUT2D eigenvalue weighted by Crippen LogP contribution is 2.30. The molecule has 2 heterocycles. The van der Waals surface area contributed by atoms with Crippen molar-refractivity contribution in [3.8, 4) is 11.4 Å². The summed E-state index contributed by atoms with van der Waals surface area (Å²) in [5.41, 5.74) is 4.24. The van der Waals surface area contributed by atoms with Crippen LogP contribution < -0.4 is 5.32 Å². The number of rotatable bonds is 3. The van der Waals surface area contributed by atoms with Gasteiger partial charge in [0.2, 0.25) is 0 Å². The highest BCUT2D eigenvalue weighted by atomic mass is 16.5. The van der Waals surface area contributed by atoms with E-state index in [1.54, 1.807) is 0 Å². The van der Waals surface area contributed by atoms with Crippen LogP contribution in [-0.4, -0.2) is 21.7 Å². The van der Waals surface area contributed by atoms with Crippen LogP contribution in [0.5, 0.6) is 0 Å². The van der Waals surface area contributed by atoms with Gasteiger partial charge in [0, 0.05) is 17.8 Å². The Morgan fingerprint density at radius 3 is 2.65 bits per heavy atom. The second-order valence-electron chi connectivity index (χ2n) is 5.26. The number of aromatic nitrogens is 3. The molecule has 0 fully saturated rings. The van der Waals surface area contributed by atoms with Crippen LogP contribution in [0.1, 0.15) is 42.5 Å². The zero-order valence-electron chi connectivity index (χ0n) is 12.3. The highest BCUT2D eigenvalue weighted by Gasteiger charge is 2.21. The number of nitrogens with one attached hydrogen (secondary N) is 1. The van der Waals surface area contributed by atoms with E-state index in [1.807, 2.05) is 13.8 Å². The van der Waals surface area contributed by atoms with Crippen molar-refractivity contribution in [2.45, 2.75) is 46.5 Å². The summed E-state index contributed by atoms with van der Waals surface area (Å²) in [5.74, 6) is 2.49. The molecule has 0 bridgehead atoms. The normalized spacial score (nSPS) is 14.2. The standard InChI is InChI=1S/C15H20N4O/c1-4-16-14-11-7-5-6-8-12(11)17-15(18-14)13-9(2)19-20-10(13)3/h4-8H2,1-3H3,(H,16,17,18). The van der Waals surface area contributed by atoms with E-state index in [-0.39, 0.29) is 0 Å². The van der Waals surface area contributed by atoms with Crippen LogP contribution in [0.25, 0.3) is 11.4 Å². The number of hydrogen-bond donors (Lipinski definition) is 1. The lowest BCUT2D eigenvalue weighted by molar-refractivity contribution is 0.393. The smallest absolute Gasteiger partial charge is 0.167 e. The number of nitrogens with zero attached hydrogens (tertiary/aromatic N) is 3. The highest BCUT2D eigenvalue weighted by molar-refractivity contribution is 5.63. The first kappa shape index (κ1) is 13.1. The Hall–Kier alpha value is -1.91. The fourth-order valence-corrected chi connectivity index (χ4v) is 2.82. The van der Waals surface area contributed by atoms with Gasteiger partial charge in [0.1, 0.15) is 11.6 Å². The summed E-state index contributed by atoms with van der Waals surface area (Å²) in [6, 6.07) is 0. The van der Waals surface area contributed by atoms with Crippen molar-refractivity contribution in [1.82, 2.24) is 15.1 Å². The molecule has 0 spiro atoms. The number of hydrogen-bond acceptors (Lipinski definition) is 5. The Labute approximate surface area is 118 Å². The van der Waals surface area contributed by atoms with Crippen molar-refractivity contribution in [2.75, 3.05) is 11.9 Å². The quantitative estimate of drug-likeness (QED) is 0.930. The first-order chi connectivity index (χ1) is 9.70. The molecule has 1 N–H and O–H groups in total. The second kappa shape index (κ2) is 5.23. The van der Waals surface area contributed by atoms with E-state index in [0.717, 1.165) is 48.0 Å². The van der Waals surface area contributed by atoms with E-state index in [1.165, 1.54) is 24.1 Å². The average Bonchev–Trinajstić information content (AvgIpc) is 2.78. The molecule has 106 valence electrons. The summed E-state index contributed by atoms with van der Waals surface area (Å²) in [5, 5.41) is 7.38.